The van der Waals surface area contributed by atoms with Crippen molar-refractivity contribution in [3.8, 4) is 0 Å². The zero-order valence-electron chi connectivity index (χ0n) is 11.1. The van der Waals surface area contributed by atoms with Crippen molar-refractivity contribution in [1.29, 1.82) is 0 Å². The first-order valence-electron chi connectivity index (χ1n) is 6.21. The van der Waals surface area contributed by atoms with Crippen molar-refractivity contribution in [3.63, 3.8) is 0 Å². The van der Waals surface area contributed by atoms with Gasteiger partial charge in [0.25, 0.3) is 0 Å². The average molecular weight is 297 g/mol. The van der Waals surface area contributed by atoms with Crippen LogP contribution < -0.4 is 0 Å². The Balaban J connectivity index is 2.95. The van der Waals surface area contributed by atoms with Crippen LogP contribution in [0.1, 0.15) is 55.7 Å². The van der Waals surface area contributed by atoms with Gasteiger partial charge in [-0.3, -0.25) is 0 Å². The van der Waals surface area contributed by atoms with E-state index in [2.05, 4.69) is 48.8 Å². The smallest absolute Gasteiger partial charge is 0.129 e. The molecule has 0 saturated heterocycles. The number of ketones is 1. The first kappa shape index (κ1) is 14.4. The van der Waals surface area contributed by atoms with Gasteiger partial charge in [-0.25, -0.2) is 0 Å². The first-order valence-corrected chi connectivity index (χ1v) is 7.01. The molecule has 0 N–H and O–H groups in total. The van der Waals surface area contributed by atoms with Crippen LogP contribution in [0.15, 0.2) is 16.6 Å². The standard InChI is InChI=1S/C15H21BrO/c1-5-13(7-6-12(4)17)14-8-10(2)11(3)9-15(14)16/h8-9,13H,5-7H2,1-4H3. The number of hydrogen-bond donors (Lipinski definition) is 0. The van der Waals surface area contributed by atoms with Crippen LogP contribution in [0.5, 0.6) is 0 Å². The molecule has 0 radical (unpaired) electrons. The summed E-state index contributed by atoms with van der Waals surface area (Å²) in [6.07, 6.45) is 2.71. The zero-order valence-corrected chi connectivity index (χ0v) is 12.7. The molecular weight excluding hydrogens is 276 g/mol. The SMILES string of the molecule is CCC(CCC(C)=O)c1cc(C)c(C)cc1Br. The molecule has 94 valence electrons. The van der Waals surface area contributed by atoms with Crippen LogP contribution >= 0.6 is 15.9 Å². The molecule has 0 fully saturated rings. The van der Waals surface area contributed by atoms with E-state index in [1.54, 1.807) is 6.92 Å². The maximum atomic E-state index is 11.1. The molecule has 17 heavy (non-hydrogen) atoms. The fraction of sp³-hybridized carbons (Fsp3) is 0.533. The third-order valence-corrected chi connectivity index (χ3v) is 4.08. The van der Waals surface area contributed by atoms with Gasteiger partial charge in [0.2, 0.25) is 0 Å². The summed E-state index contributed by atoms with van der Waals surface area (Å²) in [6.45, 7) is 8.12. The minimum absolute atomic E-state index is 0.281. The van der Waals surface area contributed by atoms with Gasteiger partial charge in [0, 0.05) is 10.9 Å². The maximum Gasteiger partial charge on any atom is 0.129 e. The number of rotatable bonds is 5. The summed E-state index contributed by atoms with van der Waals surface area (Å²) in [5.74, 6) is 0.760. The monoisotopic (exact) mass is 296 g/mol. The second-order valence-electron chi connectivity index (χ2n) is 4.80. The second-order valence-corrected chi connectivity index (χ2v) is 5.66. The molecule has 0 saturated carbocycles. The molecule has 0 heterocycles. The Morgan fingerprint density at radius 3 is 2.41 bits per heavy atom. The Kier molecular flexibility index (Phi) is 5.38. The molecule has 1 unspecified atom stereocenters. The number of carbonyl (C=O) groups excluding carboxylic acids is 1. The summed E-state index contributed by atoms with van der Waals surface area (Å²) in [7, 11) is 0. The van der Waals surface area contributed by atoms with E-state index in [0.717, 1.165) is 12.8 Å². The molecule has 1 atom stereocenters. The van der Waals surface area contributed by atoms with Gasteiger partial charge in [-0.2, -0.15) is 0 Å². The molecule has 0 aliphatic heterocycles. The van der Waals surface area contributed by atoms with E-state index in [0.29, 0.717) is 12.3 Å². The van der Waals surface area contributed by atoms with Gasteiger partial charge in [-0.1, -0.05) is 28.9 Å². The fourth-order valence-corrected chi connectivity index (χ4v) is 2.85. The topological polar surface area (TPSA) is 17.1 Å². The van der Waals surface area contributed by atoms with Crippen LogP contribution in [0.2, 0.25) is 0 Å². The van der Waals surface area contributed by atoms with E-state index < -0.39 is 0 Å². The van der Waals surface area contributed by atoms with Crippen molar-refractivity contribution in [2.45, 2.75) is 52.9 Å². The van der Waals surface area contributed by atoms with Crippen molar-refractivity contribution in [2.24, 2.45) is 0 Å². The lowest BCUT2D eigenvalue weighted by Gasteiger charge is -2.18. The number of carbonyl (C=O) groups is 1. The Labute approximate surface area is 113 Å². The summed E-state index contributed by atoms with van der Waals surface area (Å²) >= 11 is 3.64. The summed E-state index contributed by atoms with van der Waals surface area (Å²) in [6, 6.07) is 4.44. The van der Waals surface area contributed by atoms with Gasteiger partial charge in [-0.05, 0) is 62.3 Å². The van der Waals surface area contributed by atoms with E-state index in [9.17, 15) is 4.79 Å². The number of hydrogen-bond acceptors (Lipinski definition) is 1. The van der Waals surface area contributed by atoms with Gasteiger partial charge < -0.3 is 4.79 Å². The predicted octanol–water partition coefficient (Wildman–Crippen LogP) is 4.93. The fourth-order valence-electron chi connectivity index (χ4n) is 2.07. The number of benzene rings is 1. The van der Waals surface area contributed by atoms with Crippen LogP contribution in [-0.2, 0) is 4.79 Å². The summed E-state index contributed by atoms with van der Waals surface area (Å²) in [5, 5.41) is 0. The lowest BCUT2D eigenvalue weighted by molar-refractivity contribution is -0.117. The second kappa shape index (κ2) is 6.34. The molecule has 0 bridgehead atoms. The molecule has 0 aliphatic carbocycles. The third kappa shape index (κ3) is 3.95. The molecule has 1 aromatic carbocycles. The van der Waals surface area contributed by atoms with E-state index in [1.165, 1.54) is 21.2 Å². The molecule has 2 heteroatoms. The summed E-state index contributed by atoms with van der Waals surface area (Å²) < 4.78 is 1.18. The number of Topliss-reactive ketones (excluding diaryl/α,β-unsaturated/α-hetero) is 1. The first-order chi connectivity index (χ1) is 7.95. The highest BCUT2D eigenvalue weighted by Gasteiger charge is 2.14. The highest BCUT2D eigenvalue weighted by molar-refractivity contribution is 9.10. The third-order valence-electron chi connectivity index (χ3n) is 3.39. The predicted molar refractivity (Wildman–Crippen MR) is 76.6 cm³/mol. The van der Waals surface area contributed by atoms with Crippen molar-refractivity contribution >= 4 is 21.7 Å². The Morgan fingerprint density at radius 1 is 1.29 bits per heavy atom. The summed E-state index contributed by atoms with van der Waals surface area (Å²) in [5.41, 5.74) is 3.98. The van der Waals surface area contributed by atoms with Crippen LogP contribution in [0.3, 0.4) is 0 Å². The van der Waals surface area contributed by atoms with E-state index in [4.69, 9.17) is 0 Å². The normalized spacial score (nSPS) is 12.5. The highest BCUT2D eigenvalue weighted by Crippen LogP contribution is 2.32. The molecule has 1 rings (SSSR count). The van der Waals surface area contributed by atoms with Crippen LogP contribution in [0.25, 0.3) is 0 Å². The minimum Gasteiger partial charge on any atom is -0.300 e. The molecule has 0 spiro atoms. The van der Waals surface area contributed by atoms with E-state index >= 15 is 0 Å². The van der Waals surface area contributed by atoms with Crippen molar-refractivity contribution in [3.05, 3.63) is 33.3 Å². The maximum absolute atomic E-state index is 11.1. The average Bonchev–Trinajstić information content (AvgIpc) is 2.25. The highest BCUT2D eigenvalue weighted by atomic mass is 79.9. The summed E-state index contributed by atoms with van der Waals surface area (Å²) in [4.78, 5) is 11.1. The molecule has 0 amide bonds. The molecular formula is C15H21BrO. The van der Waals surface area contributed by atoms with Gasteiger partial charge in [-0.15, -0.1) is 0 Å². The molecule has 0 aliphatic rings. The van der Waals surface area contributed by atoms with Gasteiger partial charge in [0.05, 0.1) is 0 Å². The van der Waals surface area contributed by atoms with Crippen molar-refractivity contribution < 1.29 is 4.79 Å². The van der Waals surface area contributed by atoms with Gasteiger partial charge in [0.1, 0.15) is 5.78 Å². The van der Waals surface area contributed by atoms with Gasteiger partial charge in [0.15, 0.2) is 0 Å². The minimum atomic E-state index is 0.281. The van der Waals surface area contributed by atoms with Crippen LogP contribution in [0.4, 0.5) is 0 Å². The molecule has 0 aromatic heterocycles. The van der Waals surface area contributed by atoms with Crippen molar-refractivity contribution in [2.75, 3.05) is 0 Å². The van der Waals surface area contributed by atoms with Crippen LogP contribution in [-0.4, -0.2) is 5.78 Å². The molecule has 1 aromatic rings. The zero-order chi connectivity index (χ0) is 13.0. The Bertz CT molecular complexity index is 410. The van der Waals surface area contributed by atoms with Gasteiger partial charge >= 0.3 is 0 Å². The lowest BCUT2D eigenvalue weighted by atomic mass is 9.89. The Hall–Kier alpha value is -0.630. The van der Waals surface area contributed by atoms with Crippen LogP contribution in [0, 0.1) is 13.8 Å². The Morgan fingerprint density at radius 2 is 1.88 bits per heavy atom. The van der Waals surface area contributed by atoms with E-state index in [-0.39, 0.29) is 5.78 Å². The number of aryl methyl sites for hydroxylation is 2. The van der Waals surface area contributed by atoms with Crippen molar-refractivity contribution in [1.82, 2.24) is 0 Å². The quantitative estimate of drug-likeness (QED) is 0.753. The van der Waals surface area contributed by atoms with E-state index in [1.807, 2.05) is 0 Å². The lowest BCUT2D eigenvalue weighted by Crippen LogP contribution is -2.03. The number of halogens is 1. The molecule has 1 nitrogen and oxygen atoms in total. The largest absolute Gasteiger partial charge is 0.300 e.